The number of carbonyl (C=O) groups is 1. The molecule has 112 valence electrons. The van der Waals surface area contributed by atoms with E-state index in [1.54, 1.807) is 0 Å². The van der Waals surface area contributed by atoms with E-state index in [0.29, 0.717) is 0 Å². The zero-order valence-corrected chi connectivity index (χ0v) is 12.2. The van der Waals surface area contributed by atoms with Gasteiger partial charge in [-0.05, 0) is 18.1 Å². The number of benzene rings is 1. The molecule has 0 unspecified atom stereocenters. The third-order valence-electron chi connectivity index (χ3n) is 3.38. The molecule has 0 spiro atoms. The quantitative estimate of drug-likeness (QED) is 0.844. The van der Waals surface area contributed by atoms with Crippen LogP contribution in [-0.2, 0) is 18.4 Å². The van der Waals surface area contributed by atoms with Gasteiger partial charge in [0.2, 0.25) is 5.88 Å². The molecule has 2 N–H and O–H groups in total. The molecule has 0 radical (unpaired) electrons. The summed E-state index contributed by atoms with van der Waals surface area (Å²) >= 11 is 0. The first-order valence-corrected chi connectivity index (χ1v) is 6.43. The Bertz CT molecular complexity index is 664. The van der Waals surface area contributed by atoms with Crippen molar-refractivity contribution < 1.29 is 19.8 Å². The summed E-state index contributed by atoms with van der Waals surface area (Å²) in [7, 11) is 2.92. The zero-order chi connectivity index (χ0) is 15.6. The molecule has 0 aliphatic rings. The van der Waals surface area contributed by atoms with Crippen LogP contribution in [0.15, 0.2) is 30.5 Å². The maximum absolute atomic E-state index is 12.4. The van der Waals surface area contributed by atoms with E-state index in [4.69, 9.17) is 4.84 Å². The summed E-state index contributed by atoms with van der Waals surface area (Å²) in [5.41, 5.74) is 1.96. The van der Waals surface area contributed by atoms with Crippen LogP contribution in [0.2, 0.25) is 0 Å². The van der Waals surface area contributed by atoms with Crippen LogP contribution < -0.4 is 0 Å². The van der Waals surface area contributed by atoms with E-state index in [1.807, 2.05) is 31.2 Å². The molecular formula is C15H18N2O4. The molecule has 1 amide bonds. The van der Waals surface area contributed by atoms with Crippen molar-refractivity contribution in [2.45, 2.75) is 13.5 Å². The van der Waals surface area contributed by atoms with E-state index >= 15 is 0 Å². The number of aromatic nitrogens is 1. The van der Waals surface area contributed by atoms with Gasteiger partial charge in [0.15, 0.2) is 5.75 Å². The van der Waals surface area contributed by atoms with Crippen molar-refractivity contribution in [1.82, 2.24) is 9.63 Å². The van der Waals surface area contributed by atoms with Crippen LogP contribution in [0.3, 0.4) is 0 Å². The number of carbonyl (C=O) groups excluding carboxylic acids is 1. The number of hydrogen-bond donors (Lipinski definition) is 2. The van der Waals surface area contributed by atoms with Crippen LogP contribution in [0.5, 0.6) is 11.6 Å². The topological polar surface area (TPSA) is 74.9 Å². The Kier molecular flexibility index (Phi) is 4.18. The predicted octanol–water partition coefficient (Wildman–Crippen LogP) is 1.95. The summed E-state index contributed by atoms with van der Waals surface area (Å²) in [4.78, 5) is 17.5. The second-order valence-electron chi connectivity index (χ2n) is 4.78. The molecule has 0 atom stereocenters. The van der Waals surface area contributed by atoms with Crippen molar-refractivity contribution in [2.24, 2.45) is 7.05 Å². The number of hydrogen-bond acceptors (Lipinski definition) is 4. The summed E-state index contributed by atoms with van der Waals surface area (Å²) in [6.07, 6.45) is 1.36. The maximum Gasteiger partial charge on any atom is 0.283 e. The molecule has 2 aromatic rings. The highest BCUT2D eigenvalue weighted by Gasteiger charge is 2.24. The van der Waals surface area contributed by atoms with Gasteiger partial charge in [-0.1, -0.05) is 24.3 Å². The van der Waals surface area contributed by atoms with Gasteiger partial charge in [-0.2, -0.15) is 0 Å². The number of aromatic hydroxyl groups is 2. The molecule has 0 saturated carbocycles. The summed E-state index contributed by atoms with van der Waals surface area (Å²) in [6, 6.07) is 7.64. The monoisotopic (exact) mass is 290 g/mol. The fraction of sp³-hybridized carbons (Fsp3) is 0.267. The van der Waals surface area contributed by atoms with Crippen molar-refractivity contribution in [3.8, 4) is 11.6 Å². The fourth-order valence-corrected chi connectivity index (χ4v) is 2.06. The predicted molar refractivity (Wildman–Crippen MR) is 76.8 cm³/mol. The van der Waals surface area contributed by atoms with Crippen LogP contribution in [-0.4, -0.2) is 32.9 Å². The normalized spacial score (nSPS) is 10.6. The average molecular weight is 290 g/mol. The number of amides is 1. The van der Waals surface area contributed by atoms with Crippen LogP contribution in [0.4, 0.5) is 0 Å². The van der Waals surface area contributed by atoms with E-state index in [1.165, 1.54) is 24.9 Å². The van der Waals surface area contributed by atoms with Crippen LogP contribution in [0.25, 0.3) is 0 Å². The van der Waals surface area contributed by atoms with E-state index < -0.39 is 11.7 Å². The first kappa shape index (κ1) is 14.9. The number of nitrogens with zero attached hydrogens (tertiary/aromatic N) is 2. The van der Waals surface area contributed by atoms with Gasteiger partial charge in [-0.25, -0.2) is 5.06 Å². The van der Waals surface area contributed by atoms with E-state index in [9.17, 15) is 15.0 Å². The Labute approximate surface area is 122 Å². The number of hydroxylamine groups is 2. The number of aryl methyl sites for hydroxylation is 2. The van der Waals surface area contributed by atoms with Gasteiger partial charge >= 0.3 is 0 Å². The molecular weight excluding hydrogens is 272 g/mol. The molecule has 21 heavy (non-hydrogen) atoms. The van der Waals surface area contributed by atoms with Crippen LogP contribution in [0, 0.1) is 6.92 Å². The molecule has 0 aliphatic heterocycles. The zero-order valence-electron chi connectivity index (χ0n) is 12.2. The number of rotatable bonds is 4. The Morgan fingerprint density at radius 1 is 1.33 bits per heavy atom. The molecule has 6 nitrogen and oxygen atoms in total. The molecule has 2 rings (SSSR count). The highest BCUT2D eigenvalue weighted by molar-refractivity contribution is 5.97. The lowest BCUT2D eigenvalue weighted by molar-refractivity contribution is -0.102. The molecule has 1 aromatic carbocycles. The van der Waals surface area contributed by atoms with Gasteiger partial charge in [0.05, 0.1) is 13.7 Å². The second kappa shape index (κ2) is 5.88. The van der Waals surface area contributed by atoms with Crippen molar-refractivity contribution in [1.29, 1.82) is 0 Å². The van der Waals surface area contributed by atoms with Crippen LogP contribution in [0.1, 0.15) is 21.5 Å². The highest BCUT2D eigenvalue weighted by Crippen LogP contribution is 2.31. The van der Waals surface area contributed by atoms with Gasteiger partial charge in [0.1, 0.15) is 5.56 Å². The van der Waals surface area contributed by atoms with Gasteiger partial charge in [0, 0.05) is 13.2 Å². The lowest BCUT2D eigenvalue weighted by Crippen LogP contribution is -2.29. The van der Waals surface area contributed by atoms with Crippen molar-refractivity contribution in [3.05, 3.63) is 47.2 Å². The van der Waals surface area contributed by atoms with Crippen LogP contribution >= 0.6 is 0 Å². The molecule has 0 bridgehead atoms. The minimum Gasteiger partial charge on any atom is -0.503 e. The van der Waals surface area contributed by atoms with Gasteiger partial charge in [-0.3, -0.25) is 9.63 Å². The second-order valence-corrected chi connectivity index (χ2v) is 4.78. The standard InChI is InChI=1S/C15H18N2O4/c1-10-6-4-5-7-11(10)8-17(21-3)14(19)12-9-16(2)15(20)13(12)18/h4-7,9,18,20H,8H2,1-3H3. The van der Waals surface area contributed by atoms with E-state index in [2.05, 4.69) is 0 Å². The van der Waals surface area contributed by atoms with Gasteiger partial charge in [0.25, 0.3) is 5.91 Å². The summed E-state index contributed by atoms with van der Waals surface area (Å²) < 4.78 is 1.27. The van der Waals surface area contributed by atoms with E-state index in [-0.39, 0.29) is 18.0 Å². The van der Waals surface area contributed by atoms with Gasteiger partial charge < -0.3 is 14.8 Å². The Hall–Kier alpha value is -2.47. The Balaban J connectivity index is 2.27. The van der Waals surface area contributed by atoms with Crippen molar-refractivity contribution in [3.63, 3.8) is 0 Å². The average Bonchev–Trinajstić information content (AvgIpc) is 2.73. The highest BCUT2D eigenvalue weighted by atomic mass is 16.7. The minimum atomic E-state index is -0.519. The minimum absolute atomic E-state index is 0.00886. The summed E-state index contributed by atoms with van der Waals surface area (Å²) in [5.74, 6) is -1.33. The fourth-order valence-electron chi connectivity index (χ4n) is 2.06. The first-order valence-electron chi connectivity index (χ1n) is 6.43. The smallest absolute Gasteiger partial charge is 0.283 e. The lowest BCUT2D eigenvalue weighted by atomic mass is 10.1. The summed E-state index contributed by atoms with van der Waals surface area (Å²) in [5, 5.41) is 20.5. The first-order chi connectivity index (χ1) is 9.95. The molecule has 1 heterocycles. The maximum atomic E-state index is 12.4. The largest absolute Gasteiger partial charge is 0.503 e. The molecule has 0 aliphatic carbocycles. The molecule has 1 aromatic heterocycles. The Morgan fingerprint density at radius 2 is 2.00 bits per heavy atom. The van der Waals surface area contributed by atoms with Gasteiger partial charge in [-0.15, -0.1) is 0 Å². The molecule has 0 fully saturated rings. The summed E-state index contributed by atoms with van der Waals surface area (Å²) in [6.45, 7) is 2.19. The molecule has 0 saturated heterocycles. The third kappa shape index (κ3) is 2.85. The van der Waals surface area contributed by atoms with Crippen molar-refractivity contribution in [2.75, 3.05) is 7.11 Å². The van der Waals surface area contributed by atoms with E-state index in [0.717, 1.165) is 16.2 Å². The molecule has 6 heteroatoms. The van der Waals surface area contributed by atoms with Crippen molar-refractivity contribution >= 4 is 5.91 Å². The lowest BCUT2D eigenvalue weighted by Gasteiger charge is -2.20. The Morgan fingerprint density at radius 3 is 2.52 bits per heavy atom. The third-order valence-corrected chi connectivity index (χ3v) is 3.38. The SMILES string of the molecule is CON(Cc1ccccc1C)C(=O)c1cn(C)c(O)c1O.